The number of rotatable bonds is 3. The van der Waals surface area contributed by atoms with E-state index in [1.54, 1.807) is 16.7 Å². The van der Waals surface area contributed by atoms with Crippen molar-refractivity contribution < 1.29 is 14.1 Å². The Morgan fingerprint density at radius 2 is 2.12 bits per heavy atom. The van der Waals surface area contributed by atoms with Crippen LogP contribution in [0.4, 0.5) is 0 Å². The lowest BCUT2D eigenvalue weighted by atomic mass is 10.1. The number of hydrogen-bond donors (Lipinski definition) is 0. The van der Waals surface area contributed by atoms with Crippen molar-refractivity contribution in [3.63, 3.8) is 0 Å². The minimum absolute atomic E-state index is 0.356. The van der Waals surface area contributed by atoms with Gasteiger partial charge in [0.05, 0.1) is 6.20 Å². The van der Waals surface area contributed by atoms with Crippen LogP contribution in [0.25, 0.3) is 17.0 Å². The summed E-state index contributed by atoms with van der Waals surface area (Å²) in [5, 5.41) is 3.79. The molecule has 0 aliphatic carbocycles. The SMILES string of the molecule is Cc1ccc(-c2ncon2)cc1OC(=O)c1cnc2ccccn12. The van der Waals surface area contributed by atoms with E-state index in [0.717, 1.165) is 5.56 Å². The van der Waals surface area contributed by atoms with Crippen LogP contribution in [0.5, 0.6) is 5.75 Å². The highest BCUT2D eigenvalue weighted by Crippen LogP contribution is 2.25. The van der Waals surface area contributed by atoms with Crippen LogP contribution in [-0.2, 0) is 0 Å². The normalized spacial score (nSPS) is 10.9. The first-order valence-electron chi connectivity index (χ1n) is 7.24. The minimum Gasteiger partial charge on any atom is -0.422 e. The quantitative estimate of drug-likeness (QED) is 0.426. The lowest BCUT2D eigenvalue weighted by molar-refractivity contribution is 0.0726. The highest BCUT2D eigenvalue weighted by atomic mass is 16.5. The molecule has 1 aromatic carbocycles. The van der Waals surface area contributed by atoms with E-state index in [-0.39, 0.29) is 0 Å². The number of aryl methyl sites for hydroxylation is 1. The van der Waals surface area contributed by atoms with Gasteiger partial charge in [0.15, 0.2) is 5.69 Å². The lowest BCUT2D eigenvalue weighted by Gasteiger charge is -2.08. The predicted octanol–water partition coefficient (Wildman–Crippen LogP) is 2.91. The molecule has 3 heterocycles. The van der Waals surface area contributed by atoms with Crippen LogP contribution in [0.15, 0.2) is 59.7 Å². The number of pyridine rings is 1. The number of aromatic nitrogens is 4. The summed E-state index contributed by atoms with van der Waals surface area (Å²) in [6.07, 6.45) is 4.51. The molecule has 0 saturated carbocycles. The Morgan fingerprint density at radius 1 is 1.21 bits per heavy atom. The van der Waals surface area contributed by atoms with Crippen molar-refractivity contribution >= 4 is 11.6 Å². The van der Waals surface area contributed by atoms with Crippen molar-refractivity contribution in [1.29, 1.82) is 0 Å². The third-order valence-corrected chi connectivity index (χ3v) is 3.64. The van der Waals surface area contributed by atoms with Gasteiger partial charge in [0.2, 0.25) is 12.2 Å². The maximum absolute atomic E-state index is 12.5. The van der Waals surface area contributed by atoms with Gasteiger partial charge in [0.25, 0.3) is 0 Å². The van der Waals surface area contributed by atoms with Crippen LogP contribution in [0.2, 0.25) is 0 Å². The summed E-state index contributed by atoms with van der Waals surface area (Å²) in [5.74, 6) is 0.386. The summed E-state index contributed by atoms with van der Waals surface area (Å²) in [4.78, 5) is 20.7. The molecule has 118 valence electrons. The van der Waals surface area contributed by atoms with E-state index in [2.05, 4.69) is 15.1 Å². The van der Waals surface area contributed by atoms with Crippen LogP contribution < -0.4 is 4.74 Å². The summed E-state index contributed by atoms with van der Waals surface area (Å²) in [5.41, 5.74) is 2.57. The number of nitrogens with zero attached hydrogens (tertiary/aromatic N) is 4. The molecule has 0 spiro atoms. The summed E-state index contributed by atoms with van der Waals surface area (Å²) in [7, 11) is 0. The standard InChI is InChI=1S/C17H12N4O3/c1-11-5-6-12(16-19-10-23-20-16)8-14(11)24-17(22)13-9-18-15-4-2-3-7-21(13)15/h2-10H,1H3. The van der Waals surface area contributed by atoms with E-state index in [0.29, 0.717) is 28.5 Å². The summed E-state index contributed by atoms with van der Waals surface area (Å²) in [6.45, 7) is 1.86. The highest BCUT2D eigenvalue weighted by Gasteiger charge is 2.16. The fourth-order valence-electron chi connectivity index (χ4n) is 2.38. The number of hydrogen-bond acceptors (Lipinski definition) is 6. The highest BCUT2D eigenvalue weighted by molar-refractivity contribution is 5.90. The van der Waals surface area contributed by atoms with E-state index in [9.17, 15) is 4.79 Å². The van der Waals surface area contributed by atoms with Gasteiger partial charge in [-0.2, -0.15) is 4.98 Å². The summed E-state index contributed by atoms with van der Waals surface area (Å²) in [6, 6.07) is 10.9. The fraction of sp³-hybridized carbons (Fsp3) is 0.0588. The molecule has 7 heteroatoms. The zero-order valence-corrected chi connectivity index (χ0v) is 12.7. The van der Waals surface area contributed by atoms with Gasteiger partial charge < -0.3 is 9.26 Å². The number of carbonyl (C=O) groups excluding carboxylic acids is 1. The average molecular weight is 320 g/mol. The third kappa shape index (κ3) is 2.41. The van der Waals surface area contributed by atoms with Gasteiger partial charge in [0.1, 0.15) is 11.4 Å². The van der Waals surface area contributed by atoms with Gasteiger partial charge in [-0.05, 0) is 30.7 Å². The zero-order chi connectivity index (χ0) is 16.5. The molecule has 3 aromatic heterocycles. The molecule has 0 unspecified atom stereocenters. The van der Waals surface area contributed by atoms with Crippen molar-refractivity contribution in [1.82, 2.24) is 19.5 Å². The Balaban J connectivity index is 1.67. The number of benzene rings is 1. The maximum Gasteiger partial charge on any atom is 0.362 e. The summed E-state index contributed by atoms with van der Waals surface area (Å²) < 4.78 is 12.0. The van der Waals surface area contributed by atoms with Crippen molar-refractivity contribution in [2.75, 3.05) is 0 Å². The van der Waals surface area contributed by atoms with E-state index < -0.39 is 5.97 Å². The predicted molar refractivity (Wildman–Crippen MR) is 84.6 cm³/mol. The first-order chi connectivity index (χ1) is 11.7. The van der Waals surface area contributed by atoms with Gasteiger partial charge in [0, 0.05) is 11.8 Å². The van der Waals surface area contributed by atoms with Gasteiger partial charge >= 0.3 is 5.97 Å². The smallest absolute Gasteiger partial charge is 0.362 e. The van der Waals surface area contributed by atoms with Crippen molar-refractivity contribution in [3.8, 4) is 17.1 Å². The Labute approximate surface area is 136 Å². The largest absolute Gasteiger partial charge is 0.422 e. The lowest BCUT2D eigenvalue weighted by Crippen LogP contribution is -2.12. The Hall–Kier alpha value is -3.48. The average Bonchev–Trinajstić information content (AvgIpc) is 3.26. The molecule has 0 radical (unpaired) electrons. The number of imidazole rings is 1. The van der Waals surface area contributed by atoms with Gasteiger partial charge in [-0.3, -0.25) is 4.40 Å². The Kier molecular flexibility index (Phi) is 3.31. The topological polar surface area (TPSA) is 82.5 Å². The van der Waals surface area contributed by atoms with E-state index >= 15 is 0 Å². The van der Waals surface area contributed by atoms with Crippen molar-refractivity contribution in [3.05, 3.63) is 66.4 Å². The van der Waals surface area contributed by atoms with Gasteiger partial charge in [-0.15, -0.1) is 0 Å². The molecular weight excluding hydrogens is 308 g/mol. The van der Waals surface area contributed by atoms with E-state index in [1.165, 1.54) is 12.6 Å². The van der Waals surface area contributed by atoms with Crippen LogP contribution in [0, 0.1) is 6.92 Å². The first kappa shape index (κ1) is 14.1. The molecule has 0 aliphatic rings. The number of ether oxygens (including phenoxy) is 1. The monoisotopic (exact) mass is 320 g/mol. The molecule has 0 aliphatic heterocycles. The van der Waals surface area contributed by atoms with Gasteiger partial charge in [-0.1, -0.05) is 23.4 Å². The second-order valence-corrected chi connectivity index (χ2v) is 5.20. The fourth-order valence-corrected chi connectivity index (χ4v) is 2.38. The Bertz CT molecular complexity index is 1020. The molecule has 0 N–H and O–H groups in total. The second-order valence-electron chi connectivity index (χ2n) is 5.20. The number of carbonyl (C=O) groups is 1. The minimum atomic E-state index is -0.484. The van der Waals surface area contributed by atoms with Crippen LogP contribution in [-0.4, -0.2) is 25.5 Å². The van der Waals surface area contributed by atoms with Gasteiger partial charge in [-0.25, -0.2) is 9.78 Å². The zero-order valence-electron chi connectivity index (χ0n) is 12.7. The van der Waals surface area contributed by atoms with Crippen molar-refractivity contribution in [2.24, 2.45) is 0 Å². The molecule has 0 saturated heterocycles. The second kappa shape index (κ2) is 5.62. The van der Waals surface area contributed by atoms with Crippen LogP contribution in [0.3, 0.4) is 0 Å². The molecule has 24 heavy (non-hydrogen) atoms. The number of fused-ring (bicyclic) bond motifs is 1. The molecule has 4 aromatic rings. The molecular formula is C17H12N4O3. The van der Waals surface area contributed by atoms with Crippen LogP contribution >= 0.6 is 0 Å². The molecule has 4 rings (SSSR count). The first-order valence-corrected chi connectivity index (χ1v) is 7.24. The number of esters is 1. The maximum atomic E-state index is 12.5. The van der Waals surface area contributed by atoms with Crippen LogP contribution in [0.1, 0.15) is 16.1 Å². The third-order valence-electron chi connectivity index (χ3n) is 3.64. The molecule has 0 atom stereocenters. The Morgan fingerprint density at radius 3 is 2.96 bits per heavy atom. The molecule has 0 amide bonds. The van der Waals surface area contributed by atoms with Crippen molar-refractivity contribution in [2.45, 2.75) is 6.92 Å². The molecule has 7 nitrogen and oxygen atoms in total. The summed E-state index contributed by atoms with van der Waals surface area (Å²) >= 11 is 0. The molecule has 0 fully saturated rings. The van der Waals surface area contributed by atoms with E-state index in [1.807, 2.05) is 37.3 Å². The molecule has 0 bridgehead atoms. The van der Waals surface area contributed by atoms with E-state index in [4.69, 9.17) is 9.26 Å².